The number of hydrogen-bond donors (Lipinski definition) is 0. The summed E-state index contributed by atoms with van der Waals surface area (Å²) in [6.45, 7) is 3.39. The van der Waals surface area contributed by atoms with E-state index in [9.17, 15) is 4.39 Å². The zero-order valence-electron chi connectivity index (χ0n) is 12.3. The van der Waals surface area contributed by atoms with Gasteiger partial charge in [0.05, 0.1) is 12.7 Å². The molecule has 5 atom stereocenters. The van der Waals surface area contributed by atoms with Crippen molar-refractivity contribution in [3.05, 3.63) is 35.9 Å². The molecule has 0 radical (unpaired) electrons. The molecule has 2 fully saturated rings. The highest BCUT2D eigenvalue weighted by atomic mass is 19.1. The van der Waals surface area contributed by atoms with Crippen LogP contribution in [-0.2, 0) is 25.6 Å². The van der Waals surface area contributed by atoms with Gasteiger partial charge in [-0.3, -0.25) is 0 Å². The summed E-state index contributed by atoms with van der Waals surface area (Å²) in [4.78, 5) is 0. The van der Waals surface area contributed by atoms with Crippen LogP contribution in [0.5, 0.6) is 0 Å². The molecule has 3 rings (SSSR count). The first-order chi connectivity index (χ1) is 10.1. The van der Waals surface area contributed by atoms with Crippen molar-refractivity contribution in [1.29, 1.82) is 0 Å². The van der Waals surface area contributed by atoms with Gasteiger partial charge in [-0.1, -0.05) is 37.3 Å². The van der Waals surface area contributed by atoms with E-state index in [0.717, 1.165) is 12.0 Å². The van der Waals surface area contributed by atoms with E-state index in [4.69, 9.17) is 18.9 Å². The topological polar surface area (TPSA) is 36.9 Å². The van der Waals surface area contributed by atoms with Gasteiger partial charge in [0.25, 0.3) is 0 Å². The van der Waals surface area contributed by atoms with Crippen LogP contribution in [0.15, 0.2) is 30.3 Å². The third-order valence-corrected chi connectivity index (χ3v) is 3.95. The maximum Gasteiger partial charge on any atom is 0.197 e. The molecule has 4 nitrogen and oxygen atoms in total. The second kappa shape index (κ2) is 6.01. The second-order valence-electron chi connectivity index (χ2n) is 5.68. The molecule has 0 N–H and O–H groups in total. The monoisotopic (exact) mass is 296 g/mol. The van der Waals surface area contributed by atoms with Gasteiger partial charge in [0.1, 0.15) is 18.9 Å². The number of halogens is 1. The third kappa shape index (κ3) is 2.97. The lowest BCUT2D eigenvalue weighted by Gasteiger charge is -2.26. The van der Waals surface area contributed by atoms with Crippen LogP contribution in [-0.4, -0.2) is 37.1 Å². The number of rotatable bonds is 5. The maximum absolute atomic E-state index is 13.0. The third-order valence-electron chi connectivity index (χ3n) is 3.95. The Labute approximate surface area is 124 Å². The second-order valence-corrected chi connectivity index (χ2v) is 5.68. The number of fused-ring (bicyclic) bond motifs is 1. The molecule has 0 amide bonds. The van der Waals surface area contributed by atoms with Gasteiger partial charge in [-0.25, -0.2) is 4.39 Å². The molecule has 1 unspecified atom stereocenters. The molecule has 1 aromatic carbocycles. The van der Waals surface area contributed by atoms with Gasteiger partial charge in [0.15, 0.2) is 12.1 Å². The summed E-state index contributed by atoms with van der Waals surface area (Å²) in [5, 5.41) is 0. The van der Waals surface area contributed by atoms with Crippen LogP contribution in [0.3, 0.4) is 0 Å². The van der Waals surface area contributed by atoms with E-state index in [1.165, 1.54) is 0 Å². The molecule has 0 spiro atoms. The highest BCUT2D eigenvalue weighted by Crippen LogP contribution is 2.40. The van der Waals surface area contributed by atoms with Crippen molar-refractivity contribution in [2.75, 3.05) is 6.67 Å². The summed E-state index contributed by atoms with van der Waals surface area (Å²) in [5.41, 5.74) is 1.09. The Morgan fingerprint density at radius 1 is 1.24 bits per heavy atom. The lowest BCUT2D eigenvalue weighted by Crippen LogP contribution is -2.38. The summed E-state index contributed by atoms with van der Waals surface area (Å²) in [6, 6.07) is 9.92. The van der Waals surface area contributed by atoms with Crippen LogP contribution >= 0.6 is 0 Å². The summed E-state index contributed by atoms with van der Waals surface area (Å²) in [7, 11) is 0. The van der Waals surface area contributed by atoms with Gasteiger partial charge in [-0.05, 0) is 18.9 Å². The van der Waals surface area contributed by atoms with Crippen molar-refractivity contribution in [3.63, 3.8) is 0 Å². The molecular weight excluding hydrogens is 275 g/mol. The van der Waals surface area contributed by atoms with Crippen LogP contribution in [0, 0.1) is 0 Å². The van der Waals surface area contributed by atoms with Crippen LogP contribution in [0.25, 0.3) is 0 Å². The highest BCUT2D eigenvalue weighted by Gasteiger charge is 2.56. The van der Waals surface area contributed by atoms with Gasteiger partial charge in [0.2, 0.25) is 0 Å². The zero-order chi connectivity index (χ0) is 14.9. The van der Waals surface area contributed by atoms with E-state index in [1.54, 1.807) is 6.92 Å². The standard InChI is InChI=1S/C16H21FO4/c1-3-12-13(18-9-11-7-5-4-6-8-11)14-15(19-12)21-16(2,10-17)20-14/h4-8,12-15H,3,9-10H2,1-2H3/t12-,13+,14-,15-,16?/m1/s1. The summed E-state index contributed by atoms with van der Waals surface area (Å²) < 4.78 is 36.0. The fourth-order valence-corrected chi connectivity index (χ4v) is 2.83. The average Bonchev–Trinajstić information content (AvgIpc) is 3.00. The molecular formula is C16H21FO4. The first-order valence-electron chi connectivity index (χ1n) is 7.38. The van der Waals surface area contributed by atoms with E-state index in [1.807, 2.05) is 37.3 Å². The SMILES string of the molecule is CC[C@H]1O[C@@H]2OC(C)(CF)O[C@@H]2[C@H]1OCc1ccccc1. The minimum Gasteiger partial charge on any atom is -0.368 e. The van der Waals surface area contributed by atoms with Gasteiger partial charge in [-0.15, -0.1) is 0 Å². The fourth-order valence-electron chi connectivity index (χ4n) is 2.83. The Kier molecular flexibility index (Phi) is 4.26. The molecule has 0 aromatic heterocycles. The minimum atomic E-state index is -1.22. The maximum atomic E-state index is 13.0. The molecule has 0 aliphatic carbocycles. The zero-order valence-corrected chi connectivity index (χ0v) is 12.3. The lowest BCUT2D eigenvalue weighted by molar-refractivity contribution is -0.233. The summed E-state index contributed by atoms with van der Waals surface area (Å²) >= 11 is 0. The normalized spacial score (nSPS) is 38.6. The minimum absolute atomic E-state index is 0.0899. The Hall–Kier alpha value is -1.01. The van der Waals surface area contributed by atoms with Crippen LogP contribution < -0.4 is 0 Å². The molecule has 5 heteroatoms. The molecule has 2 aliphatic heterocycles. The molecule has 116 valence electrons. The molecule has 0 bridgehead atoms. The van der Waals surface area contributed by atoms with Crippen molar-refractivity contribution >= 4 is 0 Å². The predicted octanol–water partition coefficient (Wildman–Crippen LogP) is 2.81. The summed E-state index contributed by atoms with van der Waals surface area (Å²) in [6.07, 6.45) is -0.455. The van der Waals surface area contributed by atoms with Crippen LogP contribution in [0.1, 0.15) is 25.8 Å². The van der Waals surface area contributed by atoms with E-state index in [2.05, 4.69) is 0 Å². The van der Waals surface area contributed by atoms with Crippen molar-refractivity contribution < 1.29 is 23.3 Å². The first-order valence-corrected chi connectivity index (χ1v) is 7.38. The summed E-state index contributed by atoms with van der Waals surface area (Å²) in [5.74, 6) is -1.22. The Bertz CT molecular complexity index is 469. The molecule has 2 aliphatic rings. The lowest BCUT2D eigenvalue weighted by atomic mass is 10.1. The predicted molar refractivity (Wildman–Crippen MR) is 74.3 cm³/mol. The van der Waals surface area contributed by atoms with Gasteiger partial charge >= 0.3 is 0 Å². The number of benzene rings is 1. The number of ether oxygens (including phenoxy) is 4. The van der Waals surface area contributed by atoms with Gasteiger partial charge < -0.3 is 18.9 Å². The molecule has 2 saturated heterocycles. The Balaban J connectivity index is 1.67. The number of hydrogen-bond acceptors (Lipinski definition) is 4. The number of alkyl halides is 1. The molecule has 1 aromatic rings. The van der Waals surface area contributed by atoms with Crippen molar-refractivity contribution in [1.82, 2.24) is 0 Å². The van der Waals surface area contributed by atoms with Crippen LogP contribution in [0.2, 0.25) is 0 Å². The molecule has 0 saturated carbocycles. The van der Waals surface area contributed by atoms with E-state index >= 15 is 0 Å². The largest absolute Gasteiger partial charge is 0.368 e. The molecule has 2 heterocycles. The first kappa shape index (κ1) is 14.9. The van der Waals surface area contributed by atoms with Crippen molar-refractivity contribution in [2.24, 2.45) is 0 Å². The van der Waals surface area contributed by atoms with E-state index < -0.39 is 18.8 Å². The van der Waals surface area contributed by atoms with Crippen LogP contribution in [0.4, 0.5) is 4.39 Å². The smallest absolute Gasteiger partial charge is 0.197 e. The van der Waals surface area contributed by atoms with Crippen molar-refractivity contribution in [2.45, 2.75) is 57.3 Å². The van der Waals surface area contributed by atoms with E-state index in [-0.39, 0.29) is 18.3 Å². The Morgan fingerprint density at radius 3 is 2.67 bits per heavy atom. The van der Waals surface area contributed by atoms with Gasteiger partial charge in [-0.2, -0.15) is 0 Å². The van der Waals surface area contributed by atoms with Crippen molar-refractivity contribution in [3.8, 4) is 0 Å². The van der Waals surface area contributed by atoms with Gasteiger partial charge in [0, 0.05) is 0 Å². The van der Waals surface area contributed by atoms with E-state index in [0.29, 0.717) is 6.61 Å². The average molecular weight is 296 g/mol. The Morgan fingerprint density at radius 2 is 2.00 bits per heavy atom. The highest BCUT2D eigenvalue weighted by molar-refractivity contribution is 5.13. The quantitative estimate of drug-likeness (QED) is 0.837. The molecule has 21 heavy (non-hydrogen) atoms. The fraction of sp³-hybridized carbons (Fsp3) is 0.625.